The summed E-state index contributed by atoms with van der Waals surface area (Å²) in [6.45, 7) is 3.64. The van der Waals surface area contributed by atoms with E-state index in [1.807, 2.05) is 19.1 Å². The van der Waals surface area contributed by atoms with E-state index in [-0.39, 0.29) is 0 Å². The maximum atomic E-state index is 6.06. The molecule has 0 spiro atoms. The van der Waals surface area contributed by atoms with Gasteiger partial charge in [-0.3, -0.25) is 0 Å². The average molecular weight is 319 g/mol. The molecule has 0 radical (unpaired) electrons. The van der Waals surface area contributed by atoms with E-state index in [0.29, 0.717) is 6.61 Å². The first-order chi connectivity index (χ1) is 8.20. The molecule has 0 aliphatic heterocycles. The second-order valence-corrected chi connectivity index (χ2v) is 5.67. The third-order valence-corrected chi connectivity index (χ3v) is 3.91. The van der Waals surface area contributed by atoms with Crippen LogP contribution >= 0.6 is 27.5 Å². The summed E-state index contributed by atoms with van der Waals surface area (Å²) in [6, 6.07) is 3.79. The molecule has 2 rings (SSSR count). The molecule has 4 heteroatoms. The topological polar surface area (TPSA) is 21.3 Å². The number of benzene rings is 1. The number of anilines is 1. The Hall–Kier alpha value is -0.410. The summed E-state index contributed by atoms with van der Waals surface area (Å²) in [5.74, 6) is 1.67. The first-order valence-electron chi connectivity index (χ1n) is 6.06. The van der Waals surface area contributed by atoms with E-state index in [4.69, 9.17) is 16.3 Å². The highest BCUT2D eigenvalue weighted by atomic mass is 79.9. The van der Waals surface area contributed by atoms with Gasteiger partial charge in [0.25, 0.3) is 0 Å². The molecule has 1 saturated carbocycles. The summed E-state index contributed by atoms with van der Waals surface area (Å²) < 4.78 is 6.54. The second kappa shape index (κ2) is 5.96. The lowest BCUT2D eigenvalue weighted by atomic mass is 9.85. The van der Waals surface area contributed by atoms with Crippen molar-refractivity contribution < 1.29 is 4.74 Å². The highest BCUT2D eigenvalue weighted by Crippen LogP contribution is 2.37. The molecule has 1 aliphatic carbocycles. The number of hydrogen-bond donors (Lipinski definition) is 1. The fourth-order valence-electron chi connectivity index (χ4n) is 1.93. The Balaban J connectivity index is 2.11. The van der Waals surface area contributed by atoms with Gasteiger partial charge in [-0.2, -0.15) is 0 Å². The van der Waals surface area contributed by atoms with Gasteiger partial charge in [0.15, 0.2) is 5.75 Å². The minimum Gasteiger partial charge on any atom is -0.491 e. The normalized spacial score (nSPS) is 15.5. The van der Waals surface area contributed by atoms with Crippen LogP contribution in [0.15, 0.2) is 16.6 Å². The molecular weight excluding hydrogens is 302 g/mol. The largest absolute Gasteiger partial charge is 0.491 e. The third-order valence-electron chi connectivity index (χ3n) is 3.10. The summed E-state index contributed by atoms with van der Waals surface area (Å²) in [7, 11) is 0. The standard InChI is InChI=1S/C13H17BrClNO/c1-2-17-13-11(14)6-10(15)7-12(13)16-8-9-4-3-5-9/h6-7,9,16H,2-5,8H2,1H3. The van der Waals surface area contributed by atoms with Crippen molar-refractivity contribution in [3.05, 3.63) is 21.6 Å². The highest BCUT2D eigenvalue weighted by molar-refractivity contribution is 9.10. The smallest absolute Gasteiger partial charge is 0.156 e. The van der Waals surface area contributed by atoms with E-state index in [9.17, 15) is 0 Å². The van der Waals surface area contributed by atoms with Crippen LogP contribution in [-0.4, -0.2) is 13.2 Å². The summed E-state index contributed by atoms with van der Waals surface area (Å²) in [5.41, 5.74) is 0.984. The molecule has 0 saturated heterocycles. The quantitative estimate of drug-likeness (QED) is 0.848. The van der Waals surface area contributed by atoms with Crippen LogP contribution in [0.5, 0.6) is 5.75 Å². The Bertz CT molecular complexity index is 393. The Labute approximate surface area is 116 Å². The molecule has 17 heavy (non-hydrogen) atoms. The van der Waals surface area contributed by atoms with E-state index < -0.39 is 0 Å². The van der Waals surface area contributed by atoms with Crippen molar-refractivity contribution >= 4 is 33.2 Å². The Morgan fingerprint density at radius 3 is 2.82 bits per heavy atom. The molecule has 1 fully saturated rings. The highest BCUT2D eigenvalue weighted by Gasteiger charge is 2.18. The van der Waals surface area contributed by atoms with Crippen LogP contribution in [0, 0.1) is 5.92 Å². The van der Waals surface area contributed by atoms with Crippen molar-refractivity contribution in [1.29, 1.82) is 0 Å². The van der Waals surface area contributed by atoms with E-state index in [1.54, 1.807) is 0 Å². The summed E-state index contributed by atoms with van der Waals surface area (Å²) in [6.07, 6.45) is 4.03. The van der Waals surface area contributed by atoms with Crippen molar-refractivity contribution in [1.82, 2.24) is 0 Å². The number of hydrogen-bond acceptors (Lipinski definition) is 2. The zero-order valence-electron chi connectivity index (χ0n) is 9.93. The van der Waals surface area contributed by atoms with Crippen LogP contribution in [0.25, 0.3) is 0 Å². The van der Waals surface area contributed by atoms with Gasteiger partial charge in [0, 0.05) is 11.6 Å². The first-order valence-corrected chi connectivity index (χ1v) is 7.23. The lowest BCUT2D eigenvalue weighted by Gasteiger charge is -2.26. The predicted octanol–water partition coefficient (Wildman–Crippen LogP) is 4.71. The lowest BCUT2D eigenvalue weighted by molar-refractivity contribution is 0.328. The van der Waals surface area contributed by atoms with Gasteiger partial charge in [-0.15, -0.1) is 0 Å². The molecule has 0 heterocycles. The molecule has 0 bridgehead atoms. The Morgan fingerprint density at radius 1 is 1.47 bits per heavy atom. The molecule has 2 nitrogen and oxygen atoms in total. The lowest BCUT2D eigenvalue weighted by Crippen LogP contribution is -2.21. The Morgan fingerprint density at radius 2 is 2.24 bits per heavy atom. The molecule has 1 N–H and O–H groups in total. The fourth-order valence-corrected chi connectivity index (χ4v) is 2.86. The number of nitrogens with one attached hydrogen (secondary N) is 1. The van der Waals surface area contributed by atoms with Gasteiger partial charge in [0.1, 0.15) is 0 Å². The van der Waals surface area contributed by atoms with E-state index >= 15 is 0 Å². The third kappa shape index (κ3) is 3.29. The molecule has 1 aliphatic rings. The van der Waals surface area contributed by atoms with Gasteiger partial charge >= 0.3 is 0 Å². The second-order valence-electron chi connectivity index (χ2n) is 4.38. The van der Waals surface area contributed by atoms with Gasteiger partial charge in [0.05, 0.1) is 16.8 Å². The van der Waals surface area contributed by atoms with E-state index in [2.05, 4.69) is 21.2 Å². The van der Waals surface area contributed by atoms with Crippen LogP contribution in [0.4, 0.5) is 5.69 Å². The van der Waals surface area contributed by atoms with Gasteiger partial charge in [-0.25, -0.2) is 0 Å². The minimum atomic E-state index is 0.651. The van der Waals surface area contributed by atoms with Crippen molar-refractivity contribution in [3.8, 4) is 5.75 Å². The molecule has 0 unspecified atom stereocenters. The van der Waals surface area contributed by atoms with Crippen molar-refractivity contribution in [2.75, 3.05) is 18.5 Å². The molecular formula is C13H17BrClNO. The summed E-state index contributed by atoms with van der Waals surface area (Å²) in [5, 5.41) is 4.16. The van der Waals surface area contributed by atoms with Gasteiger partial charge < -0.3 is 10.1 Å². The maximum absolute atomic E-state index is 6.06. The summed E-state index contributed by atoms with van der Waals surface area (Å²) in [4.78, 5) is 0. The van der Waals surface area contributed by atoms with Crippen LogP contribution in [0.3, 0.4) is 0 Å². The Kier molecular flexibility index (Phi) is 4.57. The van der Waals surface area contributed by atoms with Gasteiger partial charge in [0.2, 0.25) is 0 Å². The van der Waals surface area contributed by atoms with E-state index in [1.165, 1.54) is 19.3 Å². The van der Waals surface area contributed by atoms with Gasteiger partial charge in [-0.1, -0.05) is 18.0 Å². The minimum absolute atomic E-state index is 0.651. The number of ether oxygens (including phenoxy) is 1. The molecule has 94 valence electrons. The average Bonchev–Trinajstić information content (AvgIpc) is 2.20. The van der Waals surface area contributed by atoms with Crippen LogP contribution in [-0.2, 0) is 0 Å². The molecule has 0 atom stereocenters. The van der Waals surface area contributed by atoms with Crippen molar-refractivity contribution in [2.45, 2.75) is 26.2 Å². The molecule has 0 aromatic heterocycles. The molecule has 0 amide bonds. The zero-order chi connectivity index (χ0) is 12.3. The SMILES string of the molecule is CCOc1c(Br)cc(Cl)cc1NCC1CCC1. The number of rotatable bonds is 5. The monoisotopic (exact) mass is 317 g/mol. The predicted molar refractivity (Wildman–Crippen MR) is 76.2 cm³/mol. The van der Waals surface area contributed by atoms with Gasteiger partial charge in [-0.05, 0) is 53.7 Å². The van der Waals surface area contributed by atoms with Crippen LogP contribution in [0.1, 0.15) is 26.2 Å². The molecule has 1 aromatic carbocycles. The fraction of sp³-hybridized carbons (Fsp3) is 0.538. The number of halogens is 2. The van der Waals surface area contributed by atoms with E-state index in [0.717, 1.165) is 33.4 Å². The molecule has 1 aromatic rings. The van der Waals surface area contributed by atoms with Crippen LogP contribution < -0.4 is 10.1 Å². The van der Waals surface area contributed by atoms with Crippen LogP contribution in [0.2, 0.25) is 5.02 Å². The van der Waals surface area contributed by atoms with Crippen molar-refractivity contribution in [2.24, 2.45) is 5.92 Å². The summed E-state index contributed by atoms with van der Waals surface area (Å²) >= 11 is 9.55. The zero-order valence-corrected chi connectivity index (χ0v) is 12.3. The maximum Gasteiger partial charge on any atom is 0.156 e. The first kappa shape index (κ1) is 13.0. The van der Waals surface area contributed by atoms with Crippen molar-refractivity contribution in [3.63, 3.8) is 0 Å².